The molecule has 42 heavy (non-hydrogen) atoms. The Bertz CT molecular complexity index is 1330. The lowest BCUT2D eigenvalue weighted by Crippen LogP contribution is -2.42. The van der Waals surface area contributed by atoms with Gasteiger partial charge in [-0.15, -0.1) is 0 Å². The largest absolute Gasteiger partial charge is 0.432 e. The van der Waals surface area contributed by atoms with Gasteiger partial charge in [0.15, 0.2) is 8.32 Å². The van der Waals surface area contributed by atoms with Crippen molar-refractivity contribution in [3.63, 3.8) is 0 Å². The van der Waals surface area contributed by atoms with Gasteiger partial charge in [0.25, 0.3) is 5.91 Å². The van der Waals surface area contributed by atoms with Gasteiger partial charge >= 0.3 is 0 Å². The molecule has 8 nitrogen and oxygen atoms in total. The number of carbonyl (C=O) groups excluding carboxylic acids is 2. The topological polar surface area (TPSA) is 125 Å². The fourth-order valence-electron chi connectivity index (χ4n) is 6.08. The molecule has 0 spiro atoms. The van der Waals surface area contributed by atoms with Crippen LogP contribution in [0.3, 0.4) is 0 Å². The van der Waals surface area contributed by atoms with E-state index in [0.717, 1.165) is 24.0 Å². The normalized spacial score (nSPS) is 20.3. The Morgan fingerprint density at radius 3 is 2.33 bits per heavy atom. The van der Waals surface area contributed by atoms with Crippen molar-refractivity contribution in [3.8, 4) is 0 Å². The Morgan fingerprint density at radius 2 is 1.67 bits per heavy atom. The number of nitrogens with two attached hydrogens (primary N) is 1. The van der Waals surface area contributed by atoms with Crippen LogP contribution in [0.4, 0.5) is 11.4 Å². The second kappa shape index (κ2) is 14.1. The number of amides is 2. The minimum absolute atomic E-state index is 0.0847. The fourth-order valence-corrected chi connectivity index (χ4v) is 8.68. The summed E-state index contributed by atoms with van der Waals surface area (Å²) >= 11 is 0. The first-order valence-corrected chi connectivity index (χ1v) is 17.6. The van der Waals surface area contributed by atoms with E-state index in [1.807, 2.05) is 67.7 Å². The monoisotopic (exact) mass is 589 g/mol. The zero-order chi connectivity index (χ0) is 30.3. The van der Waals surface area contributed by atoms with Crippen LogP contribution in [-0.2, 0) is 22.5 Å². The quantitative estimate of drug-likeness (QED) is 0.177. The standard InChI is InChI=1S/C33H43N3O5Si/c1-23-29(17-12-24-10-7-11-28(20-24)35-33(39)26-13-15-27(34)16-14-26)41-30(32(23)42(2,3)40)21-31(38)36(18-19-37)22-25-8-5-4-6-9-25/h4-11,13-16,20,23,29-30,32,37,40H,12,17-19,21-22,34H2,1-3H3,(H,35,39)/t23-,29+,30-,32+/m1/s1. The summed E-state index contributed by atoms with van der Waals surface area (Å²) in [6.07, 6.45) is 1.13. The zero-order valence-electron chi connectivity index (χ0n) is 24.7. The van der Waals surface area contributed by atoms with E-state index in [1.54, 1.807) is 29.2 Å². The molecule has 5 N–H and O–H groups in total. The minimum Gasteiger partial charge on any atom is -0.432 e. The SMILES string of the molecule is C[C@H]1[C@H]([Si](C)(C)O)[C@@H](CC(=O)N(CCO)Cc2ccccc2)O[C@H]1CCc1cccc(NC(=O)c2ccc(N)cc2)c1. The van der Waals surface area contributed by atoms with Gasteiger partial charge in [0.2, 0.25) is 5.91 Å². The minimum atomic E-state index is -2.66. The van der Waals surface area contributed by atoms with Crippen LogP contribution < -0.4 is 11.1 Å². The number of carbonyl (C=O) groups is 2. The van der Waals surface area contributed by atoms with E-state index in [0.29, 0.717) is 23.5 Å². The summed E-state index contributed by atoms with van der Waals surface area (Å²) in [7, 11) is -2.66. The van der Waals surface area contributed by atoms with Crippen molar-refractivity contribution in [2.24, 2.45) is 5.92 Å². The second-order valence-electron chi connectivity index (χ2n) is 11.8. The number of hydrogen-bond donors (Lipinski definition) is 4. The zero-order valence-corrected chi connectivity index (χ0v) is 25.7. The molecule has 4 rings (SSSR count). The third-order valence-electron chi connectivity index (χ3n) is 8.11. The predicted octanol–water partition coefficient (Wildman–Crippen LogP) is 4.84. The maximum absolute atomic E-state index is 13.4. The van der Waals surface area contributed by atoms with E-state index in [-0.39, 0.29) is 55.1 Å². The lowest BCUT2D eigenvalue weighted by Gasteiger charge is -2.31. The number of aliphatic hydroxyl groups excluding tert-OH is 1. The Hall–Kier alpha value is -3.50. The molecular formula is C33H43N3O5Si. The molecule has 3 aromatic carbocycles. The van der Waals surface area contributed by atoms with Crippen LogP contribution in [-0.4, -0.2) is 60.3 Å². The highest BCUT2D eigenvalue weighted by Crippen LogP contribution is 2.45. The number of hydrogen-bond acceptors (Lipinski definition) is 6. The average Bonchev–Trinajstić information content (AvgIpc) is 3.27. The molecule has 3 aromatic rings. The lowest BCUT2D eigenvalue weighted by molar-refractivity contribution is -0.135. The van der Waals surface area contributed by atoms with Gasteiger partial charge in [0.1, 0.15) is 0 Å². The molecule has 0 radical (unpaired) electrons. The van der Waals surface area contributed by atoms with Gasteiger partial charge in [-0.25, -0.2) is 0 Å². The maximum Gasteiger partial charge on any atom is 0.255 e. The molecule has 1 heterocycles. The van der Waals surface area contributed by atoms with Gasteiger partial charge in [-0.1, -0.05) is 49.4 Å². The van der Waals surface area contributed by atoms with Crippen molar-refractivity contribution >= 4 is 31.5 Å². The Kier molecular flexibility index (Phi) is 10.6. The Morgan fingerprint density at radius 1 is 0.976 bits per heavy atom. The van der Waals surface area contributed by atoms with E-state index in [4.69, 9.17) is 10.5 Å². The summed E-state index contributed by atoms with van der Waals surface area (Å²) in [5.74, 6) is -0.199. The number of benzene rings is 3. The lowest BCUT2D eigenvalue weighted by atomic mass is 9.95. The summed E-state index contributed by atoms with van der Waals surface area (Å²) in [5.41, 5.74) is 9.55. The third-order valence-corrected chi connectivity index (χ3v) is 10.6. The molecule has 1 aliphatic rings. The van der Waals surface area contributed by atoms with Crippen molar-refractivity contribution in [1.29, 1.82) is 0 Å². The fraction of sp³-hybridized carbons (Fsp3) is 0.394. The van der Waals surface area contributed by atoms with Gasteiger partial charge in [0.05, 0.1) is 25.2 Å². The molecule has 0 aliphatic carbocycles. The van der Waals surface area contributed by atoms with E-state index in [9.17, 15) is 19.5 Å². The van der Waals surface area contributed by atoms with Crippen molar-refractivity contribution < 1.29 is 24.2 Å². The van der Waals surface area contributed by atoms with Crippen LogP contribution in [0, 0.1) is 5.92 Å². The average molecular weight is 590 g/mol. The molecule has 0 aromatic heterocycles. The smallest absolute Gasteiger partial charge is 0.255 e. The first-order valence-electron chi connectivity index (χ1n) is 14.6. The molecule has 1 aliphatic heterocycles. The number of nitrogen functional groups attached to an aromatic ring is 1. The Balaban J connectivity index is 1.40. The molecule has 224 valence electrons. The highest BCUT2D eigenvalue weighted by Gasteiger charge is 2.50. The van der Waals surface area contributed by atoms with Crippen molar-refractivity contribution in [1.82, 2.24) is 4.90 Å². The predicted molar refractivity (Wildman–Crippen MR) is 168 cm³/mol. The number of nitrogens with zero attached hydrogens (tertiary/aromatic N) is 1. The van der Waals surface area contributed by atoms with Gasteiger partial charge in [-0.2, -0.15) is 0 Å². The number of aliphatic hydroxyl groups is 1. The first-order chi connectivity index (χ1) is 20.0. The third kappa shape index (κ3) is 8.29. The van der Waals surface area contributed by atoms with Gasteiger partial charge < -0.3 is 30.6 Å². The van der Waals surface area contributed by atoms with Gasteiger partial charge in [0, 0.05) is 35.6 Å². The summed E-state index contributed by atoms with van der Waals surface area (Å²) < 4.78 is 6.53. The van der Waals surface area contributed by atoms with E-state index < -0.39 is 8.32 Å². The van der Waals surface area contributed by atoms with Crippen LogP contribution >= 0.6 is 0 Å². The first kappa shape index (κ1) is 31.4. The molecule has 2 amide bonds. The van der Waals surface area contributed by atoms with Crippen LogP contribution in [0.15, 0.2) is 78.9 Å². The van der Waals surface area contributed by atoms with Crippen LogP contribution in [0.2, 0.25) is 18.6 Å². The molecule has 0 bridgehead atoms. The van der Waals surface area contributed by atoms with E-state index in [1.165, 1.54) is 0 Å². The van der Waals surface area contributed by atoms with E-state index >= 15 is 0 Å². The number of aryl methyl sites for hydroxylation is 1. The number of nitrogens with one attached hydrogen (secondary N) is 1. The second-order valence-corrected chi connectivity index (χ2v) is 15.8. The van der Waals surface area contributed by atoms with Crippen molar-refractivity contribution in [2.75, 3.05) is 24.2 Å². The molecule has 4 atom stereocenters. The molecule has 1 saturated heterocycles. The van der Waals surface area contributed by atoms with Gasteiger partial charge in [-0.3, -0.25) is 9.59 Å². The van der Waals surface area contributed by atoms with Crippen molar-refractivity contribution in [3.05, 3.63) is 95.6 Å². The van der Waals surface area contributed by atoms with Crippen LogP contribution in [0.1, 0.15) is 41.3 Å². The highest BCUT2D eigenvalue weighted by atomic mass is 28.4. The summed E-state index contributed by atoms with van der Waals surface area (Å²) in [4.78, 5) is 39.0. The summed E-state index contributed by atoms with van der Waals surface area (Å²) in [6, 6.07) is 24.3. The summed E-state index contributed by atoms with van der Waals surface area (Å²) in [6.45, 7) is 6.49. The highest BCUT2D eigenvalue weighted by molar-refractivity contribution is 6.71. The molecule has 0 saturated carbocycles. The van der Waals surface area contributed by atoms with Crippen molar-refractivity contribution in [2.45, 2.75) is 63.6 Å². The van der Waals surface area contributed by atoms with Gasteiger partial charge in [-0.05, 0) is 79.4 Å². The van der Waals surface area contributed by atoms with Crippen LogP contribution in [0.25, 0.3) is 0 Å². The Labute approximate surface area is 249 Å². The van der Waals surface area contributed by atoms with E-state index in [2.05, 4.69) is 12.2 Å². The maximum atomic E-state index is 13.4. The molecule has 1 fully saturated rings. The number of ether oxygens (including phenoxy) is 1. The molecule has 0 unspecified atom stereocenters. The number of rotatable bonds is 12. The summed E-state index contributed by atoms with van der Waals surface area (Å²) in [5, 5.41) is 12.6. The molecular weight excluding hydrogens is 546 g/mol. The van der Waals surface area contributed by atoms with Crippen LogP contribution in [0.5, 0.6) is 0 Å². The number of anilines is 2. The molecule has 9 heteroatoms.